The molecule has 19 heavy (non-hydrogen) atoms. The first kappa shape index (κ1) is 11.8. The third-order valence-electron chi connectivity index (χ3n) is 2.73. The third-order valence-corrected chi connectivity index (χ3v) is 2.73. The van der Waals surface area contributed by atoms with Crippen LogP contribution in [0.3, 0.4) is 0 Å². The van der Waals surface area contributed by atoms with Gasteiger partial charge in [0.2, 0.25) is 6.79 Å². The number of ether oxygens (including phenoxy) is 3. The van der Waals surface area contributed by atoms with E-state index >= 15 is 0 Å². The lowest BCUT2D eigenvalue weighted by Gasteiger charge is -2.07. The fraction of sp³-hybridized carbons (Fsp3) is 0.143. The summed E-state index contributed by atoms with van der Waals surface area (Å²) < 4.78 is 41.7. The molecule has 1 aliphatic heterocycles. The number of hydrogen-bond acceptors (Lipinski definition) is 3. The van der Waals surface area contributed by atoms with Crippen molar-refractivity contribution in [1.29, 1.82) is 0 Å². The van der Waals surface area contributed by atoms with E-state index in [1.165, 1.54) is 6.07 Å². The summed E-state index contributed by atoms with van der Waals surface area (Å²) in [5.74, 6) is 0.107. The van der Waals surface area contributed by atoms with Crippen LogP contribution in [0.1, 0.15) is 5.56 Å². The number of halogens is 2. The number of fused-ring (bicyclic) bond motifs is 1. The highest BCUT2D eigenvalue weighted by atomic mass is 19.2. The van der Waals surface area contributed by atoms with Crippen molar-refractivity contribution < 1.29 is 23.0 Å². The van der Waals surface area contributed by atoms with Gasteiger partial charge in [0.05, 0.1) is 0 Å². The predicted molar refractivity (Wildman–Crippen MR) is 63.3 cm³/mol. The molecule has 0 saturated heterocycles. The number of rotatable bonds is 3. The van der Waals surface area contributed by atoms with Crippen LogP contribution in [0.25, 0.3) is 0 Å². The maximum absolute atomic E-state index is 13.0. The Kier molecular flexibility index (Phi) is 2.95. The van der Waals surface area contributed by atoms with Gasteiger partial charge in [0.15, 0.2) is 23.1 Å². The summed E-state index contributed by atoms with van der Waals surface area (Å²) in [5, 5.41) is 0. The van der Waals surface area contributed by atoms with Crippen LogP contribution in [0, 0.1) is 11.6 Å². The van der Waals surface area contributed by atoms with Crippen molar-refractivity contribution >= 4 is 0 Å². The second kappa shape index (κ2) is 4.76. The van der Waals surface area contributed by atoms with E-state index in [2.05, 4.69) is 0 Å². The fourth-order valence-corrected chi connectivity index (χ4v) is 1.76. The molecule has 0 saturated carbocycles. The molecule has 0 fully saturated rings. The van der Waals surface area contributed by atoms with Crippen LogP contribution < -0.4 is 14.2 Å². The van der Waals surface area contributed by atoms with Crippen molar-refractivity contribution in [3.8, 4) is 17.2 Å². The molecule has 0 unspecified atom stereocenters. The van der Waals surface area contributed by atoms with Crippen molar-refractivity contribution in [3.05, 3.63) is 53.6 Å². The fourth-order valence-electron chi connectivity index (χ4n) is 1.76. The van der Waals surface area contributed by atoms with Gasteiger partial charge in [0, 0.05) is 6.07 Å². The largest absolute Gasteiger partial charge is 0.489 e. The minimum absolute atomic E-state index is 0.150. The first-order valence-corrected chi connectivity index (χ1v) is 5.69. The standard InChI is InChI=1S/C14H10F2O3/c15-11-3-1-9(5-12(11)16)7-17-10-2-4-13-14(6-10)19-8-18-13/h1-6H,7-8H2. The highest BCUT2D eigenvalue weighted by molar-refractivity contribution is 5.46. The molecule has 0 radical (unpaired) electrons. The molecule has 0 amide bonds. The smallest absolute Gasteiger partial charge is 0.231 e. The zero-order chi connectivity index (χ0) is 13.2. The van der Waals surface area contributed by atoms with Crippen molar-refractivity contribution in [2.24, 2.45) is 0 Å². The van der Waals surface area contributed by atoms with Gasteiger partial charge in [-0.15, -0.1) is 0 Å². The Morgan fingerprint density at radius 1 is 0.947 bits per heavy atom. The van der Waals surface area contributed by atoms with Crippen LogP contribution in [0.4, 0.5) is 8.78 Å². The molecular formula is C14H10F2O3. The quantitative estimate of drug-likeness (QED) is 0.851. The SMILES string of the molecule is Fc1ccc(COc2ccc3c(c2)OCO3)cc1F. The average molecular weight is 264 g/mol. The van der Waals surface area contributed by atoms with Gasteiger partial charge in [-0.2, -0.15) is 0 Å². The lowest BCUT2D eigenvalue weighted by molar-refractivity contribution is 0.173. The second-order valence-electron chi connectivity index (χ2n) is 4.05. The molecule has 1 aliphatic rings. The topological polar surface area (TPSA) is 27.7 Å². The van der Waals surface area contributed by atoms with Crippen LogP contribution in [0.2, 0.25) is 0 Å². The van der Waals surface area contributed by atoms with Gasteiger partial charge in [-0.3, -0.25) is 0 Å². The van der Waals surface area contributed by atoms with E-state index < -0.39 is 11.6 Å². The van der Waals surface area contributed by atoms with Crippen LogP contribution >= 0.6 is 0 Å². The Bertz CT molecular complexity index is 614. The maximum Gasteiger partial charge on any atom is 0.231 e. The molecule has 2 aromatic rings. The number of benzene rings is 2. The Hall–Kier alpha value is -2.30. The van der Waals surface area contributed by atoms with Crippen LogP contribution in [0.5, 0.6) is 17.2 Å². The Morgan fingerprint density at radius 3 is 2.63 bits per heavy atom. The normalized spacial score (nSPS) is 12.5. The monoisotopic (exact) mass is 264 g/mol. The minimum atomic E-state index is -0.883. The highest BCUT2D eigenvalue weighted by Gasteiger charge is 2.13. The van der Waals surface area contributed by atoms with Gasteiger partial charge in [-0.05, 0) is 29.8 Å². The van der Waals surface area contributed by atoms with Crippen molar-refractivity contribution in [1.82, 2.24) is 0 Å². The van der Waals surface area contributed by atoms with E-state index in [1.54, 1.807) is 18.2 Å². The summed E-state index contributed by atoms with van der Waals surface area (Å²) in [6, 6.07) is 8.83. The Balaban J connectivity index is 1.70. The average Bonchev–Trinajstić information content (AvgIpc) is 2.87. The molecule has 3 rings (SSSR count). The molecule has 0 aromatic heterocycles. The summed E-state index contributed by atoms with van der Waals surface area (Å²) in [5.41, 5.74) is 0.552. The van der Waals surface area contributed by atoms with Crippen molar-refractivity contribution in [2.45, 2.75) is 6.61 Å². The highest BCUT2D eigenvalue weighted by Crippen LogP contribution is 2.35. The van der Waals surface area contributed by atoms with E-state index in [9.17, 15) is 8.78 Å². The molecule has 98 valence electrons. The van der Waals surface area contributed by atoms with Crippen LogP contribution in [0.15, 0.2) is 36.4 Å². The lowest BCUT2D eigenvalue weighted by atomic mass is 10.2. The molecule has 2 aromatic carbocycles. The summed E-state index contributed by atoms with van der Waals surface area (Å²) in [7, 11) is 0. The van der Waals surface area contributed by atoms with Gasteiger partial charge in [-0.1, -0.05) is 6.07 Å². The van der Waals surface area contributed by atoms with Crippen molar-refractivity contribution in [3.63, 3.8) is 0 Å². The molecular weight excluding hydrogens is 254 g/mol. The lowest BCUT2D eigenvalue weighted by Crippen LogP contribution is -1.97. The summed E-state index contributed by atoms with van der Waals surface area (Å²) in [4.78, 5) is 0. The molecule has 1 heterocycles. The third kappa shape index (κ3) is 2.45. The maximum atomic E-state index is 13.0. The molecule has 0 atom stereocenters. The molecule has 0 N–H and O–H groups in total. The van der Waals surface area contributed by atoms with Gasteiger partial charge >= 0.3 is 0 Å². The molecule has 3 nitrogen and oxygen atoms in total. The first-order valence-electron chi connectivity index (χ1n) is 5.69. The zero-order valence-corrected chi connectivity index (χ0v) is 9.86. The van der Waals surface area contributed by atoms with Crippen LogP contribution in [-0.2, 0) is 6.61 Å². The van der Waals surface area contributed by atoms with Gasteiger partial charge in [-0.25, -0.2) is 8.78 Å². The van der Waals surface area contributed by atoms with E-state index in [4.69, 9.17) is 14.2 Å². The Labute approximate surface area is 108 Å². The van der Waals surface area contributed by atoms with Crippen molar-refractivity contribution in [2.75, 3.05) is 6.79 Å². The molecule has 0 spiro atoms. The minimum Gasteiger partial charge on any atom is -0.489 e. The summed E-state index contributed by atoms with van der Waals surface area (Å²) >= 11 is 0. The van der Waals surface area contributed by atoms with Gasteiger partial charge in [0.25, 0.3) is 0 Å². The zero-order valence-electron chi connectivity index (χ0n) is 9.86. The molecule has 5 heteroatoms. The van der Waals surface area contributed by atoms with E-state index in [0.29, 0.717) is 22.8 Å². The van der Waals surface area contributed by atoms with Gasteiger partial charge in [0.1, 0.15) is 12.4 Å². The first-order chi connectivity index (χ1) is 9.22. The van der Waals surface area contributed by atoms with Gasteiger partial charge < -0.3 is 14.2 Å². The van der Waals surface area contributed by atoms with E-state index in [-0.39, 0.29) is 13.4 Å². The summed E-state index contributed by atoms with van der Waals surface area (Å²) in [6.07, 6.45) is 0. The summed E-state index contributed by atoms with van der Waals surface area (Å²) in [6.45, 7) is 0.346. The van der Waals surface area contributed by atoms with E-state index in [1.807, 2.05) is 0 Å². The second-order valence-corrected chi connectivity index (χ2v) is 4.05. The van der Waals surface area contributed by atoms with E-state index in [0.717, 1.165) is 12.1 Å². The predicted octanol–water partition coefficient (Wildman–Crippen LogP) is 3.27. The number of hydrogen-bond donors (Lipinski definition) is 0. The molecule has 0 bridgehead atoms. The van der Waals surface area contributed by atoms with Crippen LogP contribution in [-0.4, -0.2) is 6.79 Å². The molecule has 0 aliphatic carbocycles. The Morgan fingerprint density at radius 2 is 1.79 bits per heavy atom.